The predicted molar refractivity (Wildman–Crippen MR) is 49.4 cm³/mol. The van der Waals surface area contributed by atoms with Gasteiger partial charge in [0.25, 0.3) is 5.91 Å². The smallest absolute Gasteiger partial charge is 0.254 e. The van der Waals surface area contributed by atoms with E-state index in [1.54, 1.807) is 13.0 Å². The van der Waals surface area contributed by atoms with Crippen molar-refractivity contribution in [1.29, 1.82) is 0 Å². The zero-order valence-corrected chi connectivity index (χ0v) is 7.83. The first-order valence-electron chi connectivity index (χ1n) is 4.19. The number of rotatable bonds is 3. The van der Waals surface area contributed by atoms with Crippen LogP contribution in [0.15, 0.2) is 16.7 Å². The molecule has 1 aromatic heterocycles. The van der Waals surface area contributed by atoms with E-state index in [1.165, 1.54) is 6.26 Å². The Morgan fingerprint density at radius 1 is 1.77 bits per heavy atom. The molecular formula is C9H14N2O2. The number of carbonyl (C=O) groups excluding carboxylic acids is 1. The fraction of sp³-hybridized carbons (Fsp3) is 0.444. The maximum Gasteiger partial charge on any atom is 0.254 e. The van der Waals surface area contributed by atoms with Gasteiger partial charge in [0, 0.05) is 12.6 Å². The van der Waals surface area contributed by atoms with Gasteiger partial charge in [-0.3, -0.25) is 4.79 Å². The zero-order chi connectivity index (χ0) is 9.84. The van der Waals surface area contributed by atoms with Crippen LogP contribution in [0, 0.1) is 6.92 Å². The summed E-state index contributed by atoms with van der Waals surface area (Å²) in [4.78, 5) is 11.4. The average molecular weight is 182 g/mol. The minimum atomic E-state index is -0.144. The van der Waals surface area contributed by atoms with E-state index < -0.39 is 0 Å². The standard InChI is InChI=1S/C9H14N2O2/c1-6(4-10)11-9(12)8-3-7(2)13-5-8/h3,5-6H,4,10H2,1-2H3,(H,11,12). The van der Waals surface area contributed by atoms with Crippen LogP contribution in [0.5, 0.6) is 0 Å². The topological polar surface area (TPSA) is 68.3 Å². The molecule has 0 bridgehead atoms. The van der Waals surface area contributed by atoms with Gasteiger partial charge < -0.3 is 15.5 Å². The number of carbonyl (C=O) groups is 1. The third-order valence-corrected chi connectivity index (χ3v) is 1.72. The van der Waals surface area contributed by atoms with E-state index in [1.807, 2.05) is 6.92 Å². The third-order valence-electron chi connectivity index (χ3n) is 1.72. The lowest BCUT2D eigenvalue weighted by Gasteiger charge is -2.09. The minimum Gasteiger partial charge on any atom is -0.469 e. The Morgan fingerprint density at radius 2 is 2.46 bits per heavy atom. The Bertz CT molecular complexity index is 294. The average Bonchev–Trinajstić information content (AvgIpc) is 2.51. The molecule has 1 rings (SSSR count). The summed E-state index contributed by atoms with van der Waals surface area (Å²) >= 11 is 0. The molecule has 0 spiro atoms. The Balaban J connectivity index is 2.58. The van der Waals surface area contributed by atoms with Crippen molar-refractivity contribution in [1.82, 2.24) is 5.32 Å². The zero-order valence-electron chi connectivity index (χ0n) is 7.83. The summed E-state index contributed by atoms with van der Waals surface area (Å²) in [5, 5.41) is 2.74. The van der Waals surface area contributed by atoms with Gasteiger partial charge in [0.15, 0.2) is 0 Å². The fourth-order valence-corrected chi connectivity index (χ4v) is 0.929. The van der Waals surface area contributed by atoms with E-state index in [0.29, 0.717) is 12.1 Å². The second-order valence-corrected chi connectivity index (χ2v) is 3.06. The number of hydrogen-bond donors (Lipinski definition) is 2. The molecule has 4 heteroatoms. The van der Waals surface area contributed by atoms with Gasteiger partial charge in [-0.15, -0.1) is 0 Å². The molecule has 0 radical (unpaired) electrons. The minimum absolute atomic E-state index is 0.0114. The number of amides is 1. The number of hydrogen-bond acceptors (Lipinski definition) is 3. The van der Waals surface area contributed by atoms with Crippen LogP contribution < -0.4 is 11.1 Å². The molecule has 1 unspecified atom stereocenters. The maximum atomic E-state index is 11.4. The van der Waals surface area contributed by atoms with Crippen molar-refractivity contribution in [3.05, 3.63) is 23.7 Å². The summed E-state index contributed by atoms with van der Waals surface area (Å²) in [6, 6.07) is 1.68. The molecule has 1 heterocycles. The van der Waals surface area contributed by atoms with Gasteiger partial charge in [0.2, 0.25) is 0 Å². The van der Waals surface area contributed by atoms with Crippen LogP contribution in [-0.2, 0) is 0 Å². The van der Waals surface area contributed by atoms with Gasteiger partial charge in [-0.05, 0) is 19.9 Å². The van der Waals surface area contributed by atoms with Crippen molar-refractivity contribution < 1.29 is 9.21 Å². The highest BCUT2D eigenvalue weighted by Crippen LogP contribution is 2.05. The van der Waals surface area contributed by atoms with E-state index in [0.717, 1.165) is 5.76 Å². The van der Waals surface area contributed by atoms with E-state index in [2.05, 4.69) is 5.32 Å². The number of nitrogens with one attached hydrogen (secondary N) is 1. The predicted octanol–water partition coefficient (Wildman–Crippen LogP) is 0.665. The lowest BCUT2D eigenvalue weighted by molar-refractivity contribution is 0.0940. The van der Waals surface area contributed by atoms with E-state index in [-0.39, 0.29) is 11.9 Å². The van der Waals surface area contributed by atoms with Crippen LogP contribution in [0.2, 0.25) is 0 Å². The fourth-order valence-electron chi connectivity index (χ4n) is 0.929. The van der Waals surface area contributed by atoms with Crippen molar-refractivity contribution in [2.75, 3.05) is 6.54 Å². The molecule has 0 saturated carbocycles. The second kappa shape index (κ2) is 4.09. The number of furan rings is 1. The summed E-state index contributed by atoms with van der Waals surface area (Å²) in [6.45, 7) is 4.08. The highest BCUT2D eigenvalue weighted by Gasteiger charge is 2.10. The first-order valence-corrected chi connectivity index (χ1v) is 4.19. The molecule has 1 atom stereocenters. The summed E-state index contributed by atoms with van der Waals surface area (Å²) in [6.07, 6.45) is 1.44. The Morgan fingerprint density at radius 3 is 2.92 bits per heavy atom. The molecular weight excluding hydrogens is 168 g/mol. The molecule has 3 N–H and O–H groups in total. The van der Waals surface area contributed by atoms with Gasteiger partial charge in [-0.25, -0.2) is 0 Å². The van der Waals surface area contributed by atoms with E-state index >= 15 is 0 Å². The van der Waals surface area contributed by atoms with Gasteiger partial charge in [-0.1, -0.05) is 0 Å². The Kier molecular flexibility index (Phi) is 3.08. The first kappa shape index (κ1) is 9.80. The van der Waals surface area contributed by atoms with Crippen molar-refractivity contribution in [3.8, 4) is 0 Å². The van der Waals surface area contributed by atoms with Crippen molar-refractivity contribution in [2.45, 2.75) is 19.9 Å². The van der Waals surface area contributed by atoms with E-state index in [4.69, 9.17) is 10.2 Å². The first-order chi connectivity index (χ1) is 6.13. The highest BCUT2D eigenvalue weighted by atomic mass is 16.3. The molecule has 1 aromatic rings. The molecule has 0 aliphatic carbocycles. The van der Waals surface area contributed by atoms with Crippen LogP contribution in [0.3, 0.4) is 0 Å². The number of aryl methyl sites for hydroxylation is 1. The third kappa shape index (κ3) is 2.59. The summed E-state index contributed by atoms with van der Waals surface area (Å²) < 4.78 is 5.01. The Labute approximate surface area is 77.1 Å². The largest absolute Gasteiger partial charge is 0.469 e. The van der Waals surface area contributed by atoms with Crippen molar-refractivity contribution in [2.24, 2.45) is 5.73 Å². The molecule has 0 saturated heterocycles. The maximum absolute atomic E-state index is 11.4. The molecule has 0 fully saturated rings. The monoisotopic (exact) mass is 182 g/mol. The summed E-state index contributed by atoms with van der Waals surface area (Å²) in [5.41, 5.74) is 5.91. The van der Waals surface area contributed by atoms with Crippen LogP contribution >= 0.6 is 0 Å². The second-order valence-electron chi connectivity index (χ2n) is 3.06. The van der Waals surface area contributed by atoms with Crippen LogP contribution in [-0.4, -0.2) is 18.5 Å². The van der Waals surface area contributed by atoms with E-state index in [9.17, 15) is 4.79 Å². The molecule has 0 aliphatic heterocycles. The SMILES string of the molecule is Cc1cc(C(=O)NC(C)CN)co1. The normalized spacial score (nSPS) is 12.5. The highest BCUT2D eigenvalue weighted by molar-refractivity contribution is 5.94. The summed E-state index contributed by atoms with van der Waals surface area (Å²) in [5.74, 6) is 0.584. The van der Waals surface area contributed by atoms with Gasteiger partial charge in [-0.2, -0.15) is 0 Å². The van der Waals surface area contributed by atoms with Gasteiger partial charge >= 0.3 is 0 Å². The van der Waals surface area contributed by atoms with Crippen LogP contribution in [0.4, 0.5) is 0 Å². The molecule has 1 amide bonds. The quantitative estimate of drug-likeness (QED) is 0.721. The molecule has 13 heavy (non-hydrogen) atoms. The molecule has 72 valence electrons. The molecule has 0 aliphatic rings. The van der Waals surface area contributed by atoms with Crippen molar-refractivity contribution >= 4 is 5.91 Å². The summed E-state index contributed by atoms with van der Waals surface area (Å²) in [7, 11) is 0. The molecule has 4 nitrogen and oxygen atoms in total. The lowest BCUT2D eigenvalue weighted by atomic mass is 10.2. The lowest BCUT2D eigenvalue weighted by Crippen LogP contribution is -2.37. The van der Waals surface area contributed by atoms with Crippen molar-refractivity contribution in [3.63, 3.8) is 0 Å². The van der Waals surface area contributed by atoms with Crippen LogP contribution in [0.1, 0.15) is 23.0 Å². The Hall–Kier alpha value is -1.29. The van der Waals surface area contributed by atoms with Gasteiger partial charge in [0.1, 0.15) is 12.0 Å². The van der Waals surface area contributed by atoms with Gasteiger partial charge in [0.05, 0.1) is 5.56 Å². The van der Waals surface area contributed by atoms with Crippen LogP contribution in [0.25, 0.3) is 0 Å². The molecule has 0 aromatic carbocycles. The number of nitrogens with two attached hydrogens (primary N) is 1.